The maximum atomic E-state index is 6.08. The summed E-state index contributed by atoms with van der Waals surface area (Å²) in [6.07, 6.45) is 4.98. The molecule has 1 rings (SSSR count). The molecule has 0 amide bonds. The van der Waals surface area contributed by atoms with E-state index < -0.39 is 0 Å². The molecule has 0 spiro atoms. The van der Waals surface area contributed by atoms with Gasteiger partial charge in [0.2, 0.25) is 0 Å². The molecule has 0 aliphatic rings. The number of likely N-dealkylation sites (N-methyl/N-ethyl adjacent to an activating group) is 1. The van der Waals surface area contributed by atoms with E-state index in [9.17, 15) is 0 Å². The van der Waals surface area contributed by atoms with E-state index >= 15 is 0 Å². The number of hydrogen-bond donors (Lipinski definition) is 1. The van der Waals surface area contributed by atoms with Gasteiger partial charge < -0.3 is 14.8 Å². The molecule has 0 saturated carbocycles. The molecule has 0 aromatic heterocycles. The van der Waals surface area contributed by atoms with E-state index in [-0.39, 0.29) is 6.10 Å². The molecule has 1 aromatic carbocycles. The van der Waals surface area contributed by atoms with Crippen molar-refractivity contribution in [2.75, 3.05) is 26.8 Å². The van der Waals surface area contributed by atoms with Gasteiger partial charge in [0, 0.05) is 18.7 Å². The van der Waals surface area contributed by atoms with Crippen molar-refractivity contribution in [2.45, 2.75) is 45.6 Å². The smallest absolute Gasteiger partial charge is 0.124 e. The van der Waals surface area contributed by atoms with Gasteiger partial charge in [0.1, 0.15) is 5.75 Å². The zero-order chi connectivity index (χ0) is 14.6. The maximum Gasteiger partial charge on any atom is 0.124 e. The van der Waals surface area contributed by atoms with Crippen molar-refractivity contribution in [1.82, 2.24) is 5.32 Å². The SMILES string of the molecule is CCCCCCOC(CNCC)c1ccccc1OC. The van der Waals surface area contributed by atoms with Gasteiger partial charge in [-0.2, -0.15) is 0 Å². The Bertz CT molecular complexity index is 355. The van der Waals surface area contributed by atoms with Crippen molar-refractivity contribution in [3.8, 4) is 5.75 Å². The van der Waals surface area contributed by atoms with Crippen LogP contribution < -0.4 is 10.1 Å². The van der Waals surface area contributed by atoms with E-state index in [1.807, 2.05) is 18.2 Å². The lowest BCUT2D eigenvalue weighted by atomic mass is 10.1. The topological polar surface area (TPSA) is 30.5 Å². The first kappa shape index (κ1) is 17.0. The van der Waals surface area contributed by atoms with Crippen LogP contribution in [0, 0.1) is 0 Å². The maximum absolute atomic E-state index is 6.08. The number of para-hydroxylation sites is 1. The van der Waals surface area contributed by atoms with E-state index in [4.69, 9.17) is 9.47 Å². The Morgan fingerprint density at radius 3 is 2.60 bits per heavy atom. The molecule has 0 fully saturated rings. The summed E-state index contributed by atoms with van der Waals surface area (Å²) in [6.45, 7) is 6.92. The quantitative estimate of drug-likeness (QED) is 0.622. The average molecular weight is 279 g/mol. The first-order chi connectivity index (χ1) is 9.83. The lowest BCUT2D eigenvalue weighted by molar-refractivity contribution is 0.0486. The van der Waals surface area contributed by atoms with Gasteiger partial charge in [0.15, 0.2) is 0 Å². The lowest BCUT2D eigenvalue weighted by Crippen LogP contribution is -2.23. The van der Waals surface area contributed by atoms with Gasteiger partial charge in [-0.15, -0.1) is 0 Å². The molecule has 0 aliphatic heterocycles. The van der Waals surface area contributed by atoms with Crippen LogP contribution in [0.1, 0.15) is 51.2 Å². The van der Waals surface area contributed by atoms with Crippen LogP contribution in [0.4, 0.5) is 0 Å². The number of nitrogens with one attached hydrogen (secondary N) is 1. The Kier molecular flexibility index (Phi) is 9.09. The zero-order valence-electron chi connectivity index (χ0n) is 13.2. The Labute approximate surface area is 123 Å². The van der Waals surface area contributed by atoms with E-state index in [1.54, 1.807) is 7.11 Å². The molecule has 1 unspecified atom stereocenters. The predicted octanol–water partition coefficient (Wildman–Crippen LogP) is 3.94. The van der Waals surface area contributed by atoms with Crippen LogP contribution in [0.15, 0.2) is 24.3 Å². The molecule has 0 saturated heterocycles. The molecule has 1 atom stereocenters. The molecular formula is C17H29NO2. The fourth-order valence-electron chi connectivity index (χ4n) is 2.22. The average Bonchev–Trinajstić information content (AvgIpc) is 2.50. The van der Waals surface area contributed by atoms with Crippen LogP contribution in [-0.4, -0.2) is 26.8 Å². The highest BCUT2D eigenvalue weighted by atomic mass is 16.5. The number of ether oxygens (including phenoxy) is 2. The van der Waals surface area contributed by atoms with E-state index in [1.165, 1.54) is 19.3 Å². The molecule has 0 heterocycles. The summed E-state index contributed by atoms with van der Waals surface area (Å²) in [5.41, 5.74) is 1.13. The fraction of sp³-hybridized carbons (Fsp3) is 0.647. The molecule has 0 aliphatic carbocycles. The third kappa shape index (κ3) is 5.93. The number of rotatable bonds is 11. The minimum atomic E-state index is 0.0627. The second-order valence-electron chi connectivity index (χ2n) is 4.97. The predicted molar refractivity (Wildman–Crippen MR) is 84.4 cm³/mol. The second-order valence-corrected chi connectivity index (χ2v) is 4.97. The second kappa shape index (κ2) is 10.7. The highest BCUT2D eigenvalue weighted by molar-refractivity contribution is 5.35. The molecule has 0 bridgehead atoms. The standard InChI is InChI=1S/C17H29NO2/c1-4-6-7-10-13-20-17(14-18-5-2)15-11-8-9-12-16(15)19-3/h8-9,11-12,17-18H,4-7,10,13-14H2,1-3H3. The Balaban J connectivity index is 2.58. The fourth-order valence-corrected chi connectivity index (χ4v) is 2.22. The van der Waals surface area contributed by atoms with Gasteiger partial charge in [0.25, 0.3) is 0 Å². The number of methoxy groups -OCH3 is 1. The van der Waals surface area contributed by atoms with E-state index in [2.05, 4.69) is 25.2 Å². The van der Waals surface area contributed by atoms with Crippen molar-refractivity contribution < 1.29 is 9.47 Å². The van der Waals surface area contributed by atoms with Gasteiger partial charge in [-0.25, -0.2) is 0 Å². The van der Waals surface area contributed by atoms with Crippen LogP contribution in [0.25, 0.3) is 0 Å². The summed E-state index contributed by atoms with van der Waals surface area (Å²) in [5, 5.41) is 3.37. The third-order valence-corrected chi connectivity index (χ3v) is 3.38. The third-order valence-electron chi connectivity index (χ3n) is 3.38. The number of unbranched alkanes of at least 4 members (excludes halogenated alkanes) is 3. The Morgan fingerprint density at radius 2 is 1.90 bits per heavy atom. The zero-order valence-corrected chi connectivity index (χ0v) is 13.2. The van der Waals surface area contributed by atoms with Crippen molar-refractivity contribution in [3.63, 3.8) is 0 Å². The summed E-state index contributed by atoms with van der Waals surface area (Å²) in [4.78, 5) is 0. The highest BCUT2D eigenvalue weighted by Crippen LogP contribution is 2.27. The number of benzene rings is 1. The van der Waals surface area contributed by atoms with Gasteiger partial charge in [0.05, 0.1) is 13.2 Å². The van der Waals surface area contributed by atoms with Crippen molar-refractivity contribution in [2.24, 2.45) is 0 Å². The molecule has 0 radical (unpaired) electrons. The molecule has 1 N–H and O–H groups in total. The molecule has 20 heavy (non-hydrogen) atoms. The highest BCUT2D eigenvalue weighted by Gasteiger charge is 2.15. The van der Waals surface area contributed by atoms with Crippen LogP contribution in [0.2, 0.25) is 0 Å². The van der Waals surface area contributed by atoms with Crippen molar-refractivity contribution in [1.29, 1.82) is 0 Å². The van der Waals surface area contributed by atoms with Gasteiger partial charge in [-0.3, -0.25) is 0 Å². The summed E-state index contributed by atoms with van der Waals surface area (Å²) >= 11 is 0. The van der Waals surface area contributed by atoms with Crippen LogP contribution in [0.5, 0.6) is 5.75 Å². The van der Waals surface area contributed by atoms with E-state index in [0.29, 0.717) is 0 Å². The largest absolute Gasteiger partial charge is 0.496 e. The summed E-state index contributed by atoms with van der Waals surface area (Å²) in [6, 6.07) is 8.12. The van der Waals surface area contributed by atoms with Gasteiger partial charge >= 0.3 is 0 Å². The monoisotopic (exact) mass is 279 g/mol. The Morgan fingerprint density at radius 1 is 1.10 bits per heavy atom. The van der Waals surface area contributed by atoms with Crippen LogP contribution >= 0.6 is 0 Å². The van der Waals surface area contributed by atoms with Crippen LogP contribution in [-0.2, 0) is 4.74 Å². The first-order valence-electron chi connectivity index (χ1n) is 7.78. The summed E-state index contributed by atoms with van der Waals surface area (Å²) in [7, 11) is 1.71. The first-order valence-corrected chi connectivity index (χ1v) is 7.78. The van der Waals surface area contributed by atoms with Gasteiger partial charge in [-0.1, -0.05) is 51.3 Å². The Hall–Kier alpha value is -1.06. The van der Waals surface area contributed by atoms with Crippen molar-refractivity contribution >= 4 is 0 Å². The molecule has 114 valence electrons. The van der Waals surface area contributed by atoms with Crippen molar-refractivity contribution in [3.05, 3.63) is 29.8 Å². The van der Waals surface area contributed by atoms with Crippen LogP contribution in [0.3, 0.4) is 0 Å². The van der Waals surface area contributed by atoms with Gasteiger partial charge in [-0.05, 0) is 19.0 Å². The number of hydrogen-bond acceptors (Lipinski definition) is 3. The summed E-state index contributed by atoms with van der Waals surface area (Å²) in [5.74, 6) is 0.906. The normalized spacial score (nSPS) is 12.3. The summed E-state index contributed by atoms with van der Waals surface area (Å²) < 4.78 is 11.5. The lowest BCUT2D eigenvalue weighted by Gasteiger charge is -2.21. The molecule has 1 aromatic rings. The minimum Gasteiger partial charge on any atom is -0.496 e. The van der Waals surface area contributed by atoms with E-state index in [0.717, 1.165) is 37.4 Å². The molecule has 3 nitrogen and oxygen atoms in total. The molecular weight excluding hydrogens is 250 g/mol. The minimum absolute atomic E-state index is 0.0627. The molecule has 3 heteroatoms.